The minimum absolute atomic E-state index is 0.116. The first-order chi connectivity index (χ1) is 8.88. The Morgan fingerprint density at radius 2 is 1.61 bits per heavy atom. The molecule has 0 amide bonds. The third-order valence-electron chi connectivity index (χ3n) is 2.57. The summed E-state index contributed by atoms with van der Waals surface area (Å²) in [6.45, 7) is 5.16. The van der Waals surface area contributed by atoms with Gasteiger partial charge in [-0.15, -0.1) is 0 Å². The first-order valence-electron chi connectivity index (χ1n) is 6.50. The lowest BCUT2D eigenvalue weighted by Crippen LogP contribution is -2.24. The van der Waals surface area contributed by atoms with E-state index in [1.54, 1.807) is 0 Å². The number of hydrogen-bond acceptors (Lipinski definition) is 6. The van der Waals surface area contributed by atoms with E-state index in [9.17, 15) is 0 Å². The van der Waals surface area contributed by atoms with E-state index >= 15 is 0 Å². The number of ether oxygens (including phenoxy) is 4. The molecule has 2 saturated heterocycles. The number of rotatable bonds is 12. The highest BCUT2D eigenvalue weighted by Crippen LogP contribution is 2.16. The third kappa shape index (κ3) is 7.21. The van der Waals surface area contributed by atoms with Gasteiger partial charge in [-0.2, -0.15) is 23.5 Å². The Morgan fingerprint density at radius 1 is 1.06 bits per heavy atom. The number of thioether (sulfide) groups is 2. The lowest BCUT2D eigenvalue weighted by atomic mass is 10.5. The van der Waals surface area contributed by atoms with Crippen molar-refractivity contribution in [2.75, 3.05) is 49.4 Å². The van der Waals surface area contributed by atoms with Gasteiger partial charge in [0.15, 0.2) is 6.29 Å². The Balaban J connectivity index is 1.52. The van der Waals surface area contributed by atoms with Crippen molar-refractivity contribution < 1.29 is 18.9 Å². The molecule has 0 radical (unpaired) electrons. The van der Waals surface area contributed by atoms with Gasteiger partial charge in [0.2, 0.25) is 0 Å². The fraction of sp³-hybridized carbons (Fsp3) is 1.00. The SMILES string of the molecule is CCSCCSCC(OCC1CO1)OCC1CO1. The topological polar surface area (TPSA) is 43.5 Å². The predicted molar refractivity (Wildman–Crippen MR) is 75.5 cm³/mol. The van der Waals surface area contributed by atoms with Crippen molar-refractivity contribution >= 4 is 23.5 Å². The fourth-order valence-electron chi connectivity index (χ4n) is 1.34. The summed E-state index contributed by atoms with van der Waals surface area (Å²) in [5.41, 5.74) is 0. The zero-order chi connectivity index (χ0) is 12.6. The molecule has 2 aliphatic rings. The van der Waals surface area contributed by atoms with E-state index in [0.717, 1.165) is 24.7 Å². The van der Waals surface area contributed by atoms with Crippen LogP contribution in [-0.4, -0.2) is 67.9 Å². The highest BCUT2D eigenvalue weighted by Gasteiger charge is 2.27. The van der Waals surface area contributed by atoms with Crippen LogP contribution in [0.25, 0.3) is 0 Å². The van der Waals surface area contributed by atoms with Gasteiger partial charge >= 0.3 is 0 Å². The summed E-state index contributed by atoms with van der Waals surface area (Å²) >= 11 is 3.87. The van der Waals surface area contributed by atoms with Gasteiger partial charge in [0.25, 0.3) is 0 Å². The van der Waals surface area contributed by atoms with Gasteiger partial charge in [-0.05, 0) is 5.75 Å². The monoisotopic (exact) mass is 294 g/mol. The maximum absolute atomic E-state index is 5.72. The Kier molecular flexibility index (Phi) is 7.19. The van der Waals surface area contributed by atoms with E-state index in [1.807, 2.05) is 23.5 Å². The van der Waals surface area contributed by atoms with Crippen molar-refractivity contribution in [2.24, 2.45) is 0 Å². The second-order valence-corrected chi connectivity index (χ2v) is 6.82. The maximum atomic E-state index is 5.72. The Morgan fingerprint density at radius 3 is 2.11 bits per heavy atom. The quantitative estimate of drug-likeness (QED) is 0.310. The van der Waals surface area contributed by atoms with E-state index in [2.05, 4.69) is 6.92 Å². The smallest absolute Gasteiger partial charge is 0.166 e. The van der Waals surface area contributed by atoms with E-state index in [4.69, 9.17) is 18.9 Å². The van der Waals surface area contributed by atoms with Crippen LogP contribution < -0.4 is 0 Å². The molecular weight excluding hydrogens is 272 g/mol. The number of hydrogen-bond donors (Lipinski definition) is 0. The molecule has 6 heteroatoms. The van der Waals surface area contributed by atoms with Gasteiger partial charge in [-0.3, -0.25) is 0 Å². The summed E-state index contributed by atoms with van der Waals surface area (Å²) in [6.07, 6.45) is 0.484. The summed E-state index contributed by atoms with van der Waals surface area (Å²) in [4.78, 5) is 0. The Labute approximate surface area is 117 Å². The molecule has 2 atom stereocenters. The van der Waals surface area contributed by atoms with Gasteiger partial charge < -0.3 is 18.9 Å². The molecule has 18 heavy (non-hydrogen) atoms. The van der Waals surface area contributed by atoms with Gasteiger partial charge in [0.05, 0.1) is 26.4 Å². The van der Waals surface area contributed by atoms with Gasteiger partial charge in [0.1, 0.15) is 12.2 Å². The zero-order valence-electron chi connectivity index (χ0n) is 10.8. The van der Waals surface area contributed by atoms with Gasteiger partial charge in [0, 0.05) is 17.3 Å². The lowest BCUT2D eigenvalue weighted by Gasteiger charge is -2.17. The normalized spacial score (nSPS) is 27.2. The highest BCUT2D eigenvalue weighted by molar-refractivity contribution is 8.02. The average molecular weight is 294 g/mol. The molecule has 2 fully saturated rings. The summed E-state index contributed by atoms with van der Waals surface area (Å²) in [6, 6.07) is 0. The summed E-state index contributed by atoms with van der Waals surface area (Å²) in [7, 11) is 0. The van der Waals surface area contributed by atoms with E-state index in [1.165, 1.54) is 11.5 Å². The van der Waals surface area contributed by atoms with E-state index in [0.29, 0.717) is 25.4 Å². The molecule has 2 aliphatic heterocycles. The molecule has 0 aliphatic carbocycles. The molecule has 106 valence electrons. The molecule has 0 saturated carbocycles. The summed E-state index contributed by atoms with van der Waals surface area (Å²) < 4.78 is 21.7. The summed E-state index contributed by atoms with van der Waals surface area (Å²) in [5, 5.41) is 0. The van der Waals surface area contributed by atoms with Crippen molar-refractivity contribution in [1.82, 2.24) is 0 Å². The molecule has 4 nitrogen and oxygen atoms in total. The molecule has 2 heterocycles. The molecule has 0 N–H and O–H groups in total. The first-order valence-corrected chi connectivity index (χ1v) is 8.81. The highest BCUT2D eigenvalue weighted by atomic mass is 32.2. The molecule has 2 rings (SSSR count). The Bertz CT molecular complexity index is 206. The predicted octanol–water partition coefficient (Wildman–Crippen LogP) is 1.63. The van der Waals surface area contributed by atoms with Crippen LogP contribution in [0, 0.1) is 0 Å². The molecule has 2 unspecified atom stereocenters. The Hall–Kier alpha value is 0.540. The molecule has 0 aromatic rings. The van der Waals surface area contributed by atoms with Gasteiger partial charge in [-0.25, -0.2) is 0 Å². The standard InChI is InChI=1S/C12H22O4S2/c1-2-17-3-4-18-9-12(15-7-10-5-13-10)16-8-11-6-14-11/h10-12H,2-9H2,1H3. The molecule has 0 aromatic carbocycles. The first kappa shape index (κ1) is 14.9. The second kappa shape index (κ2) is 8.66. The second-order valence-electron chi connectivity index (χ2n) is 4.28. The lowest BCUT2D eigenvalue weighted by molar-refractivity contribution is -0.132. The van der Waals surface area contributed by atoms with Crippen molar-refractivity contribution in [1.29, 1.82) is 0 Å². The minimum atomic E-state index is -0.116. The molecular formula is C12H22O4S2. The minimum Gasteiger partial charge on any atom is -0.371 e. The fourth-order valence-corrected chi connectivity index (χ4v) is 3.13. The van der Waals surface area contributed by atoms with Crippen molar-refractivity contribution in [2.45, 2.75) is 25.4 Å². The largest absolute Gasteiger partial charge is 0.371 e. The van der Waals surface area contributed by atoms with Crippen LogP contribution >= 0.6 is 23.5 Å². The molecule has 0 spiro atoms. The average Bonchev–Trinajstić information content (AvgIpc) is 3.26. The van der Waals surface area contributed by atoms with Crippen molar-refractivity contribution in [3.63, 3.8) is 0 Å². The van der Waals surface area contributed by atoms with Crippen LogP contribution in [-0.2, 0) is 18.9 Å². The van der Waals surface area contributed by atoms with Crippen LogP contribution in [0.1, 0.15) is 6.92 Å². The van der Waals surface area contributed by atoms with Gasteiger partial charge in [-0.1, -0.05) is 6.92 Å². The van der Waals surface area contributed by atoms with E-state index in [-0.39, 0.29) is 6.29 Å². The van der Waals surface area contributed by atoms with Crippen LogP contribution in [0.4, 0.5) is 0 Å². The van der Waals surface area contributed by atoms with E-state index < -0.39 is 0 Å². The van der Waals surface area contributed by atoms with Crippen molar-refractivity contribution in [3.8, 4) is 0 Å². The van der Waals surface area contributed by atoms with Crippen LogP contribution in [0.15, 0.2) is 0 Å². The van der Waals surface area contributed by atoms with Crippen LogP contribution in [0.3, 0.4) is 0 Å². The third-order valence-corrected chi connectivity index (χ3v) is 4.73. The summed E-state index contributed by atoms with van der Waals surface area (Å²) in [5.74, 6) is 4.44. The van der Waals surface area contributed by atoms with Crippen LogP contribution in [0.5, 0.6) is 0 Å². The van der Waals surface area contributed by atoms with Crippen LogP contribution in [0.2, 0.25) is 0 Å². The molecule has 0 bridgehead atoms. The van der Waals surface area contributed by atoms with Crippen molar-refractivity contribution in [3.05, 3.63) is 0 Å². The number of epoxide rings is 2. The maximum Gasteiger partial charge on any atom is 0.166 e. The molecule has 0 aromatic heterocycles. The zero-order valence-corrected chi connectivity index (χ0v) is 12.5.